The van der Waals surface area contributed by atoms with Crippen LogP contribution < -0.4 is 4.90 Å². The highest BCUT2D eigenvalue weighted by Gasteiger charge is 2.47. The van der Waals surface area contributed by atoms with Crippen LogP contribution in [0.5, 0.6) is 0 Å². The first kappa shape index (κ1) is 21.7. The van der Waals surface area contributed by atoms with Gasteiger partial charge in [0.25, 0.3) is 0 Å². The van der Waals surface area contributed by atoms with Crippen LogP contribution in [0.2, 0.25) is 5.28 Å². The number of halogens is 1. The first-order valence-corrected chi connectivity index (χ1v) is 8.87. The third-order valence-electron chi connectivity index (χ3n) is 4.16. The molecule has 1 amide bonds. The molecule has 1 atom stereocenters. The van der Waals surface area contributed by atoms with Gasteiger partial charge in [0.05, 0.1) is 13.7 Å². The first-order chi connectivity index (χ1) is 12.9. The van der Waals surface area contributed by atoms with Gasteiger partial charge in [-0.3, -0.25) is 0 Å². The Balaban J connectivity index is 2.37. The summed E-state index contributed by atoms with van der Waals surface area (Å²) in [7, 11) is 1.19. The average Bonchev–Trinajstić information content (AvgIpc) is 2.58. The number of aromatic nitrogens is 2. The fourth-order valence-corrected chi connectivity index (χ4v) is 2.97. The van der Waals surface area contributed by atoms with Crippen molar-refractivity contribution in [2.24, 2.45) is 0 Å². The van der Waals surface area contributed by atoms with Gasteiger partial charge in [-0.2, -0.15) is 0 Å². The molecule has 10 nitrogen and oxygen atoms in total. The zero-order valence-electron chi connectivity index (χ0n) is 16.4. The molecule has 1 aliphatic rings. The molecule has 1 aromatic rings. The van der Waals surface area contributed by atoms with Crippen molar-refractivity contribution in [3.8, 4) is 0 Å². The van der Waals surface area contributed by atoms with Crippen LogP contribution >= 0.6 is 11.6 Å². The van der Waals surface area contributed by atoms with E-state index in [1.54, 1.807) is 20.8 Å². The van der Waals surface area contributed by atoms with Gasteiger partial charge in [0.1, 0.15) is 11.4 Å². The minimum absolute atomic E-state index is 0.0974. The zero-order valence-corrected chi connectivity index (χ0v) is 17.1. The smallest absolute Gasteiger partial charge is 0.410 e. The lowest BCUT2D eigenvalue weighted by Crippen LogP contribution is -2.66. The number of carboxylic acid groups (broad SMARTS) is 1. The molecule has 2 heterocycles. The van der Waals surface area contributed by atoms with Gasteiger partial charge in [-0.25, -0.2) is 24.4 Å². The molecule has 0 radical (unpaired) electrons. The van der Waals surface area contributed by atoms with Crippen molar-refractivity contribution < 1.29 is 29.0 Å². The number of piperazine rings is 1. The minimum atomic E-state index is -1.53. The number of hydrogen-bond donors (Lipinski definition) is 1. The molecule has 154 valence electrons. The number of hydrogen-bond acceptors (Lipinski definition) is 8. The molecule has 0 aromatic carbocycles. The number of nitrogens with zero attached hydrogens (tertiary/aromatic N) is 4. The van der Waals surface area contributed by atoms with Gasteiger partial charge in [0.15, 0.2) is 11.2 Å². The van der Waals surface area contributed by atoms with Gasteiger partial charge in [-0.05, 0) is 39.3 Å². The van der Waals surface area contributed by atoms with E-state index >= 15 is 0 Å². The van der Waals surface area contributed by atoms with E-state index in [1.165, 1.54) is 29.9 Å². The summed E-state index contributed by atoms with van der Waals surface area (Å²) < 4.78 is 9.98. The summed E-state index contributed by atoms with van der Waals surface area (Å²) in [5.41, 5.74) is -2.33. The Labute approximate surface area is 167 Å². The molecular formula is C17H23ClN4O6. The van der Waals surface area contributed by atoms with E-state index in [4.69, 9.17) is 16.3 Å². The quantitative estimate of drug-likeness (QED) is 0.582. The lowest BCUT2D eigenvalue weighted by Gasteiger charge is -2.46. The molecule has 28 heavy (non-hydrogen) atoms. The van der Waals surface area contributed by atoms with Crippen molar-refractivity contribution in [3.05, 3.63) is 17.0 Å². The molecule has 0 aliphatic carbocycles. The molecular weight excluding hydrogens is 392 g/mol. The minimum Gasteiger partial charge on any atom is -0.479 e. The normalized spacial score (nSPS) is 19.9. The van der Waals surface area contributed by atoms with Crippen molar-refractivity contribution >= 4 is 35.5 Å². The van der Waals surface area contributed by atoms with Crippen LogP contribution in [0.15, 0.2) is 6.07 Å². The maximum Gasteiger partial charge on any atom is 0.410 e. The van der Waals surface area contributed by atoms with Gasteiger partial charge < -0.3 is 24.4 Å². The summed E-state index contributed by atoms with van der Waals surface area (Å²) in [6.07, 6.45) is -0.601. The van der Waals surface area contributed by atoms with Crippen molar-refractivity contribution in [1.82, 2.24) is 14.9 Å². The summed E-state index contributed by atoms with van der Waals surface area (Å²) in [4.78, 5) is 46.9. The fraction of sp³-hybridized carbons (Fsp3) is 0.588. The highest BCUT2D eigenvalue weighted by atomic mass is 35.5. The SMILES string of the molecule is COC(=O)c1cc(N2CCN(C(=O)OC(C)(C)C)CC2(C)C(=O)O)nc(Cl)n1. The second-order valence-corrected chi connectivity index (χ2v) is 7.84. The maximum atomic E-state index is 12.4. The molecule has 1 saturated heterocycles. The second kappa shape index (κ2) is 7.78. The molecule has 1 aliphatic heterocycles. The van der Waals surface area contributed by atoms with Crippen LogP contribution in [0.1, 0.15) is 38.2 Å². The molecule has 1 unspecified atom stereocenters. The predicted molar refractivity (Wildman–Crippen MR) is 99.6 cm³/mol. The predicted octanol–water partition coefficient (Wildman–Crippen LogP) is 1.82. The molecule has 1 aromatic heterocycles. The topological polar surface area (TPSA) is 122 Å². The Kier molecular flexibility index (Phi) is 6.03. The van der Waals surface area contributed by atoms with Crippen LogP contribution in [0.4, 0.5) is 10.6 Å². The average molecular weight is 415 g/mol. The standard InChI is InChI=1S/C17H23ClN4O6/c1-16(2,3)28-15(26)21-6-7-22(17(4,9-21)13(24)25)11-8-10(12(23)27-5)19-14(18)20-11/h8H,6-7,9H2,1-5H3,(H,24,25). The number of carboxylic acids is 1. The van der Waals surface area contributed by atoms with Crippen molar-refractivity contribution in [3.63, 3.8) is 0 Å². The molecule has 0 bridgehead atoms. The van der Waals surface area contributed by atoms with E-state index in [0.29, 0.717) is 0 Å². The van der Waals surface area contributed by atoms with Gasteiger partial charge in [0.2, 0.25) is 5.28 Å². The molecule has 0 spiro atoms. The Bertz CT molecular complexity index is 796. The number of rotatable bonds is 3. The number of aliphatic carboxylic acids is 1. The highest BCUT2D eigenvalue weighted by Crippen LogP contribution is 2.29. The van der Waals surface area contributed by atoms with Gasteiger partial charge >= 0.3 is 18.0 Å². The molecule has 2 rings (SSSR count). The summed E-state index contributed by atoms with van der Waals surface area (Å²) in [6.45, 7) is 6.84. The number of methoxy groups -OCH3 is 1. The highest BCUT2D eigenvalue weighted by molar-refractivity contribution is 6.28. The van der Waals surface area contributed by atoms with E-state index in [9.17, 15) is 19.5 Å². The van der Waals surface area contributed by atoms with Crippen LogP contribution in [-0.2, 0) is 14.3 Å². The van der Waals surface area contributed by atoms with E-state index in [-0.39, 0.29) is 36.4 Å². The Hall–Kier alpha value is -2.62. The number of anilines is 1. The maximum absolute atomic E-state index is 12.4. The largest absolute Gasteiger partial charge is 0.479 e. The Morgan fingerprint density at radius 1 is 1.25 bits per heavy atom. The molecule has 1 fully saturated rings. The van der Waals surface area contributed by atoms with E-state index in [1.807, 2.05) is 0 Å². The van der Waals surface area contributed by atoms with Crippen LogP contribution in [-0.4, -0.2) is 75.9 Å². The zero-order chi connectivity index (χ0) is 21.3. The molecule has 11 heteroatoms. The third-order valence-corrected chi connectivity index (χ3v) is 4.33. The first-order valence-electron chi connectivity index (χ1n) is 8.49. The van der Waals surface area contributed by atoms with Crippen molar-refractivity contribution in [1.29, 1.82) is 0 Å². The van der Waals surface area contributed by atoms with Crippen LogP contribution in [0.3, 0.4) is 0 Å². The number of amides is 1. The third kappa shape index (κ3) is 4.61. The molecule has 0 saturated carbocycles. The van der Waals surface area contributed by atoms with Crippen molar-refractivity contribution in [2.75, 3.05) is 31.6 Å². The Morgan fingerprint density at radius 3 is 2.43 bits per heavy atom. The van der Waals surface area contributed by atoms with Crippen LogP contribution in [0.25, 0.3) is 0 Å². The van der Waals surface area contributed by atoms with Gasteiger partial charge in [0, 0.05) is 19.2 Å². The van der Waals surface area contributed by atoms with E-state index in [0.717, 1.165) is 0 Å². The van der Waals surface area contributed by atoms with Gasteiger partial charge in [-0.15, -0.1) is 0 Å². The summed E-state index contributed by atoms with van der Waals surface area (Å²) >= 11 is 5.91. The molecule has 1 N–H and O–H groups in total. The number of esters is 1. The summed E-state index contributed by atoms with van der Waals surface area (Å²) in [5, 5.41) is 9.64. The van der Waals surface area contributed by atoms with Gasteiger partial charge in [-0.1, -0.05) is 0 Å². The monoisotopic (exact) mass is 414 g/mol. The fourth-order valence-electron chi connectivity index (χ4n) is 2.79. The summed E-state index contributed by atoms with van der Waals surface area (Å²) in [6, 6.07) is 1.31. The Morgan fingerprint density at radius 2 is 1.89 bits per heavy atom. The number of carbonyl (C=O) groups is 3. The van der Waals surface area contributed by atoms with E-state index in [2.05, 4.69) is 14.7 Å². The van der Waals surface area contributed by atoms with Crippen LogP contribution in [0, 0.1) is 0 Å². The number of carbonyl (C=O) groups excluding carboxylic acids is 2. The lowest BCUT2D eigenvalue weighted by molar-refractivity contribution is -0.144. The second-order valence-electron chi connectivity index (χ2n) is 7.50. The summed E-state index contributed by atoms with van der Waals surface area (Å²) in [5.74, 6) is -1.75. The number of ether oxygens (including phenoxy) is 2. The van der Waals surface area contributed by atoms with E-state index < -0.39 is 29.2 Å². The lowest BCUT2D eigenvalue weighted by atomic mass is 9.96. The van der Waals surface area contributed by atoms with Crippen molar-refractivity contribution in [2.45, 2.75) is 38.8 Å².